The Labute approximate surface area is 160 Å². The lowest BCUT2D eigenvalue weighted by Gasteiger charge is -2.07. The molecule has 0 saturated carbocycles. The number of anilines is 1. The van der Waals surface area contributed by atoms with Gasteiger partial charge in [-0.25, -0.2) is 5.43 Å². The van der Waals surface area contributed by atoms with Crippen LogP contribution < -0.4 is 15.5 Å². The van der Waals surface area contributed by atoms with E-state index in [0.29, 0.717) is 5.75 Å². The van der Waals surface area contributed by atoms with Gasteiger partial charge in [0.1, 0.15) is 5.75 Å². The lowest BCUT2D eigenvalue weighted by molar-refractivity contribution is -0.119. The highest BCUT2D eigenvalue weighted by atomic mass is 79.9. The molecular formula is C20H18BrN3O2. The van der Waals surface area contributed by atoms with Crippen LogP contribution >= 0.6 is 15.9 Å². The van der Waals surface area contributed by atoms with Crippen LogP contribution in [0.4, 0.5) is 5.69 Å². The summed E-state index contributed by atoms with van der Waals surface area (Å²) in [5.74, 6) is 0.448. The van der Waals surface area contributed by atoms with Crippen LogP contribution in [0.25, 0.3) is 10.8 Å². The highest BCUT2D eigenvalue weighted by molar-refractivity contribution is 9.10. The number of benzene rings is 3. The summed E-state index contributed by atoms with van der Waals surface area (Å²) in [6.45, 7) is 0.130. The predicted octanol–water partition coefficient (Wildman–Crippen LogP) is 4.17. The van der Waals surface area contributed by atoms with Gasteiger partial charge in [-0.2, -0.15) is 5.10 Å². The number of amides is 1. The van der Waals surface area contributed by atoms with Gasteiger partial charge in [-0.3, -0.25) is 4.79 Å². The standard InChI is InChI=1S/C20H18BrN3O2/c1-26-19-9-7-17(21)10-16(19)12-23-24-20(25)13-22-18-8-6-14-4-2-3-5-15(14)11-18/h2-12,22H,13H2,1H3,(H,24,25)/b23-12+. The zero-order chi connectivity index (χ0) is 18.4. The zero-order valence-electron chi connectivity index (χ0n) is 14.2. The Morgan fingerprint density at radius 2 is 1.92 bits per heavy atom. The maximum atomic E-state index is 12.0. The number of hydrazone groups is 1. The normalized spacial score (nSPS) is 10.8. The molecule has 0 spiro atoms. The van der Waals surface area contributed by atoms with E-state index in [1.165, 1.54) is 0 Å². The van der Waals surface area contributed by atoms with Crippen LogP contribution in [-0.2, 0) is 4.79 Å². The maximum absolute atomic E-state index is 12.0. The van der Waals surface area contributed by atoms with Crippen LogP contribution in [-0.4, -0.2) is 25.8 Å². The number of nitrogens with one attached hydrogen (secondary N) is 2. The molecular weight excluding hydrogens is 394 g/mol. The average molecular weight is 412 g/mol. The molecule has 0 radical (unpaired) electrons. The van der Waals surface area contributed by atoms with Crippen LogP contribution in [0.1, 0.15) is 5.56 Å². The van der Waals surface area contributed by atoms with Crippen molar-refractivity contribution in [3.63, 3.8) is 0 Å². The molecule has 0 aliphatic heterocycles. The molecule has 0 aliphatic carbocycles. The van der Waals surface area contributed by atoms with E-state index in [-0.39, 0.29) is 12.5 Å². The van der Waals surface area contributed by atoms with E-state index in [0.717, 1.165) is 26.5 Å². The Morgan fingerprint density at radius 3 is 2.73 bits per heavy atom. The number of halogens is 1. The molecule has 132 valence electrons. The zero-order valence-corrected chi connectivity index (χ0v) is 15.8. The Hall–Kier alpha value is -2.86. The summed E-state index contributed by atoms with van der Waals surface area (Å²) in [6.07, 6.45) is 1.55. The van der Waals surface area contributed by atoms with Gasteiger partial charge in [0.05, 0.1) is 19.9 Å². The largest absolute Gasteiger partial charge is 0.496 e. The first-order valence-electron chi connectivity index (χ1n) is 8.04. The van der Waals surface area contributed by atoms with E-state index in [1.807, 2.05) is 54.6 Å². The van der Waals surface area contributed by atoms with Crippen molar-refractivity contribution in [2.24, 2.45) is 5.10 Å². The number of rotatable bonds is 6. The van der Waals surface area contributed by atoms with Gasteiger partial charge in [-0.15, -0.1) is 0 Å². The fourth-order valence-electron chi connectivity index (χ4n) is 2.50. The molecule has 0 aromatic heterocycles. The number of nitrogens with zero attached hydrogens (tertiary/aromatic N) is 1. The molecule has 3 aromatic carbocycles. The second-order valence-corrected chi connectivity index (χ2v) is 6.51. The molecule has 0 saturated heterocycles. The van der Waals surface area contributed by atoms with Gasteiger partial charge >= 0.3 is 0 Å². The third-order valence-electron chi connectivity index (χ3n) is 3.79. The Bertz CT molecular complexity index is 957. The number of carbonyl (C=O) groups excluding carboxylic acids is 1. The van der Waals surface area contributed by atoms with Gasteiger partial charge < -0.3 is 10.1 Å². The number of ether oxygens (including phenoxy) is 1. The predicted molar refractivity (Wildman–Crippen MR) is 109 cm³/mol. The minimum Gasteiger partial charge on any atom is -0.496 e. The monoisotopic (exact) mass is 411 g/mol. The molecule has 26 heavy (non-hydrogen) atoms. The van der Waals surface area contributed by atoms with Gasteiger partial charge in [0.25, 0.3) is 5.91 Å². The van der Waals surface area contributed by atoms with Crippen LogP contribution in [0.15, 0.2) is 70.2 Å². The molecule has 3 aromatic rings. The summed E-state index contributed by atoms with van der Waals surface area (Å²) >= 11 is 3.40. The van der Waals surface area contributed by atoms with Crippen molar-refractivity contribution in [2.45, 2.75) is 0 Å². The average Bonchev–Trinajstić information content (AvgIpc) is 2.66. The number of carbonyl (C=O) groups is 1. The van der Waals surface area contributed by atoms with E-state index < -0.39 is 0 Å². The van der Waals surface area contributed by atoms with E-state index in [9.17, 15) is 4.79 Å². The minimum absolute atomic E-state index is 0.130. The number of methoxy groups -OCH3 is 1. The van der Waals surface area contributed by atoms with Gasteiger partial charge in [-0.05, 0) is 41.1 Å². The van der Waals surface area contributed by atoms with Crippen molar-refractivity contribution in [2.75, 3.05) is 19.0 Å². The smallest absolute Gasteiger partial charge is 0.259 e. The van der Waals surface area contributed by atoms with Crippen LogP contribution in [0.3, 0.4) is 0 Å². The highest BCUT2D eigenvalue weighted by Crippen LogP contribution is 2.21. The van der Waals surface area contributed by atoms with Crippen molar-refractivity contribution in [1.29, 1.82) is 0 Å². The number of hydrogen-bond acceptors (Lipinski definition) is 4. The summed E-state index contributed by atoms with van der Waals surface area (Å²) < 4.78 is 6.17. The molecule has 6 heteroatoms. The molecule has 0 fully saturated rings. The summed E-state index contributed by atoms with van der Waals surface area (Å²) in [5.41, 5.74) is 4.16. The van der Waals surface area contributed by atoms with E-state index in [2.05, 4.69) is 37.8 Å². The fourth-order valence-corrected chi connectivity index (χ4v) is 2.88. The quantitative estimate of drug-likeness (QED) is 0.472. The fraction of sp³-hybridized carbons (Fsp3) is 0.100. The van der Waals surface area contributed by atoms with Gasteiger partial charge in [0.15, 0.2) is 0 Å². The van der Waals surface area contributed by atoms with Gasteiger partial charge in [0, 0.05) is 15.7 Å². The van der Waals surface area contributed by atoms with Crippen molar-refractivity contribution in [3.05, 3.63) is 70.7 Å². The molecule has 1 amide bonds. The first kappa shape index (κ1) is 17.9. The SMILES string of the molecule is COc1ccc(Br)cc1/C=N/NC(=O)CNc1ccc2ccccc2c1. The molecule has 0 atom stereocenters. The van der Waals surface area contributed by atoms with Crippen molar-refractivity contribution >= 4 is 44.5 Å². The summed E-state index contributed by atoms with van der Waals surface area (Å²) in [5, 5.41) is 9.37. The molecule has 0 unspecified atom stereocenters. The molecule has 2 N–H and O–H groups in total. The lowest BCUT2D eigenvalue weighted by Crippen LogP contribution is -2.25. The lowest BCUT2D eigenvalue weighted by atomic mass is 10.1. The van der Waals surface area contributed by atoms with Crippen LogP contribution in [0.5, 0.6) is 5.75 Å². The van der Waals surface area contributed by atoms with E-state index >= 15 is 0 Å². The molecule has 0 heterocycles. The van der Waals surface area contributed by atoms with Gasteiger partial charge in [0.2, 0.25) is 0 Å². The second kappa shape index (κ2) is 8.49. The summed E-state index contributed by atoms with van der Waals surface area (Å²) in [4.78, 5) is 12.0. The van der Waals surface area contributed by atoms with Crippen LogP contribution in [0, 0.1) is 0 Å². The second-order valence-electron chi connectivity index (χ2n) is 5.59. The Kier molecular flexibility index (Phi) is 5.86. The maximum Gasteiger partial charge on any atom is 0.259 e. The van der Waals surface area contributed by atoms with Crippen molar-refractivity contribution in [1.82, 2.24) is 5.43 Å². The first-order valence-corrected chi connectivity index (χ1v) is 8.83. The van der Waals surface area contributed by atoms with E-state index in [4.69, 9.17) is 4.74 Å². The van der Waals surface area contributed by atoms with E-state index in [1.54, 1.807) is 13.3 Å². The minimum atomic E-state index is -0.233. The third kappa shape index (κ3) is 4.61. The van der Waals surface area contributed by atoms with Crippen LogP contribution in [0.2, 0.25) is 0 Å². The number of fused-ring (bicyclic) bond motifs is 1. The first-order chi connectivity index (χ1) is 12.7. The van der Waals surface area contributed by atoms with Gasteiger partial charge in [-0.1, -0.05) is 46.3 Å². The highest BCUT2D eigenvalue weighted by Gasteiger charge is 2.03. The molecule has 0 aliphatic rings. The number of hydrogen-bond donors (Lipinski definition) is 2. The topological polar surface area (TPSA) is 62.7 Å². The summed E-state index contributed by atoms with van der Waals surface area (Å²) in [6, 6.07) is 19.6. The Balaban J connectivity index is 1.56. The third-order valence-corrected chi connectivity index (χ3v) is 4.28. The summed E-state index contributed by atoms with van der Waals surface area (Å²) in [7, 11) is 1.59. The van der Waals surface area contributed by atoms with Crippen molar-refractivity contribution < 1.29 is 9.53 Å². The molecule has 5 nitrogen and oxygen atoms in total. The van der Waals surface area contributed by atoms with Crippen molar-refractivity contribution in [3.8, 4) is 5.75 Å². The molecule has 0 bridgehead atoms. The Morgan fingerprint density at radius 1 is 1.12 bits per heavy atom. The molecule has 3 rings (SSSR count).